The van der Waals surface area contributed by atoms with E-state index >= 15 is 0 Å². The zero-order chi connectivity index (χ0) is 13.0. The predicted molar refractivity (Wildman–Crippen MR) is 64.8 cm³/mol. The average molecular weight is 245 g/mol. The molecule has 0 N–H and O–H groups in total. The van der Waals surface area contributed by atoms with E-state index < -0.39 is 11.8 Å². The van der Waals surface area contributed by atoms with Gasteiger partial charge >= 0.3 is 5.97 Å². The number of nitrogens with zero attached hydrogens (tertiary/aromatic N) is 1. The van der Waals surface area contributed by atoms with Crippen molar-refractivity contribution in [2.75, 3.05) is 7.11 Å². The number of carbonyl (C=O) groups excluding carboxylic acids is 1. The molecule has 0 bridgehead atoms. The summed E-state index contributed by atoms with van der Waals surface area (Å²) in [5.41, 5.74) is 1.72. The number of pyridine rings is 1. The Morgan fingerprint density at radius 3 is 2.83 bits per heavy atom. The SMILES string of the molecule is COC(=O)c1cc(F)cc(Cc2ccccn2)c1. The van der Waals surface area contributed by atoms with Crippen LogP contribution in [0.25, 0.3) is 0 Å². The molecule has 0 unspecified atom stereocenters. The maximum absolute atomic E-state index is 13.4. The van der Waals surface area contributed by atoms with Crippen LogP contribution in [0.2, 0.25) is 0 Å². The molecule has 0 radical (unpaired) electrons. The second kappa shape index (κ2) is 5.40. The molecule has 18 heavy (non-hydrogen) atoms. The number of hydrogen-bond donors (Lipinski definition) is 0. The summed E-state index contributed by atoms with van der Waals surface area (Å²) in [5, 5.41) is 0. The number of ether oxygens (including phenoxy) is 1. The van der Waals surface area contributed by atoms with Crippen molar-refractivity contribution in [2.45, 2.75) is 6.42 Å². The van der Waals surface area contributed by atoms with Gasteiger partial charge < -0.3 is 4.74 Å². The molecule has 3 nitrogen and oxygen atoms in total. The Morgan fingerprint density at radius 2 is 2.17 bits per heavy atom. The van der Waals surface area contributed by atoms with Crippen molar-refractivity contribution in [2.24, 2.45) is 0 Å². The molecule has 92 valence electrons. The van der Waals surface area contributed by atoms with Crippen molar-refractivity contribution in [1.29, 1.82) is 0 Å². The highest BCUT2D eigenvalue weighted by molar-refractivity contribution is 5.89. The Morgan fingerprint density at radius 1 is 1.33 bits per heavy atom. The first-order valence-electron chi connectivity index (χ1n) is 5.47. The van der Waals surface area contributed by atoms with E-state index in [0.29, 0.717) is 12.0 Å². The molecule has 0 atom stereocenters. The van der Waals surface area contributed by atoms with Crippen LogP contribution in [-0.2, 0) is 11.2 Å². The van der Waals surface area contributed by atoms with Gasteiger partial charge in [-0.15, -0.1) is 0 Å². The van der Waals surface area contributed by atoms with E-state index in [1.165, 1.54) is 13.2 Å². The van der Waals surface area contributed by atoms with Crippen molar-refractivity contribution >= 4 is 5.97 Å². The lowest BCUT2D eigenvalue weighted by atomic mass is 10.1. The highest BCUT2D eigenvalue weighted by Crippen LogP contribution is 2.13. The minimum atomic E-state index is -0.545. The number of halogens is 1. The molecule has 0 saturated heterocycles. The first kappa shape index (κ1) is 12.2. The van der Waals surface area contributed by atoms with Gasteiger partial charge in [-0.2, -0.15) is 0 Å². The molecule has 2 rings (SSSR count). The topological polar surface area (TPSA) is 39.2 Å². The fourth-order valence-electron chi connectivity index (χ4n) is 1.70. The van der Waals surface area contributed by atoms with Crippen LogP contribution in [0.1, 0.15) is 21.6 Å². The number of hydrogen-bond acceptors (Lipinski definition) is 3. The van der Waals surface area contributed by atoms with Crippen LogP contribution < -0.4 is 0 Å². The Hall–Kier alpha value is -2.23. The van der Waals surface area contributed by atoms with E-state index in [1.54, 1.807) is 12.3 Å². The molecule has 4 heteroatoms. The quantitative estimate of drug-likeness (QED) is 0.780. The Bertz CT molecular complexity index is 555. The van der Waals surface area contributed by atoms with E-state index in [0.717, 1.165) is 11.8 Å². The summed E-state index contributed by atoms with van der Waals surface area (Å²) in [5.74, 6) is -0.999. The molecule has 0 amide bonds. The number of carbonyl (C=O) groups is 1. The second-order valence-corrected chi connectivity index (χ2v) is 3.84. The number of esters is 1. The van der Waals surface area contributed by atoms with Gasteiger partial charge in [0.05, 0.1) is 12.7 Å². The van der Waals surface area contributed by atoms with Gasteiger partial charge in [-0.3, -0.25) is 4.98 Å². The van der Waals surface area contributed by atoms with Crippen LogP contribution >= 0.6 is 0 Å². The third kappa shape index (κ3) is 2.91. The first-order valence-corrected chi connectivity index (χ1v) is 5.47. The molecule has 0 aliphatic rings. The van der Waals surface area contributed by atoms with Gasteiger partial charge in [-0.1, -0.05) is 6.07 Å². The van der Waals surface area contributed by atoms with Gasteiger partial charge in [-0.25, -0.2) is 9.18 Å². The van der Waals surface area contributed by atoms with E-state index in [2.05, 4.69) is 9.72 Å². The lowest BCUT2D eigenvalue weighted by molar-refractivity contribution is 0.0600. The van der Waals surface area contributed by atoms with Crippen molar-refractivity contribution in [3.05, 3.63) is 65.2 Å². The van der Waals surface area contributed by atoms with Crippen LogP contribution in [0.5, 0.6) is 0 Å². The zero-order valence-corrected chi connectivity index (χ0v) is 9.89. The molecule has 1 heterocycles. The maximum Gasteiger partial charge on any atom is 0.337 e. The van der Waals surface area contributed by atoms with Crippen LogP contribution in [0.4, 0.5) is 4.39 Å². The summed E-state index contributed by atoms with van der Waals surface area (Å²) >= 11 is 0. The molecule has 1 aromatic heterocycles. The van der Waals surface area contributed by atoms with Gasteiger partial charge in [0.25, 0.3) is 0 Å². The number of aromatic nitrogens is 1. The maximum atomic E-state index is 13.4. The minimum Gasteiger partial charge on any atom is -0.465 e. The molecule has 1 aromatic carbocycles. The molecular weight excluding hydrogens is 233 g/mol. The highest BCUT2D eigenvalue weighted by Gasteiger charge is 2.09. The Kier molecular flexibility index (Phi) is 3.67. The van der Waals surface area contributed by atoms with Gasteiger partial charge in [-0.05, 0) is 35.9 Å². The third-order valence-electron chi connectivity index (χ3n) is 2.49. The molecular formula is C14H12FNO2. The van der Waals surface area contributed by atoms with Gasteiger partial charge in [0, 0.05) is 18.3 Å². The normalized spacial score (nSPS) is 10.1. The van der Waals surface area contributed by atoms with Crippen molar-refractivity contribution in [3.8, 4) is 0 Å². The molecule has 0 saturated carbocycles. The molecule has 0 fully saturated rings. The fraction of sp³-hybridized carbons (Fsp3) is 0.143. The van der Waals surface area contributed by atoms with Crippen LogP contribution in [0.3, 0.4) is 0 Å². The van der Waals surface area contributed by atoms with Crippen molar-refractivity contribution in [3.63, 3.8) is 0 Å². The Balaban J connectivity index is 2.28. The van der Waals surface area contributed by atoms with Gasteiger partial charge in [0.15, 0.2) is 0 Å². The second-order valence-electron chi connectivity index (χ2n) is 3.84. The van der Waals surface area contributed by atoms with Crippen LogP contribution in [-0.4, -0.2) is 18.1 Å². The fourth-order valence-corrected chi connectivity index (χ4v) is 1.70. The van der Waals surface area contributed by atoms with Crippen molar-refractivity contribution < 1.29 is 13.9 Å². The predicted octanol–water partition coefficient (Wildman–Crippen LogP) is 2.60. The zero-order valence-electron chi connectivity index (χ0n) is 9.89. The van der Waals surface area contributed by atoms with E-state index in [1.807, 2.05) is 18.2 Å². The smallest absolute Gasteiger partial charge is 0.337 e. The summed E-state index contributed by atoms with van der Waals surface area (Å²) in [6, 6.07) is 9.69. The summed E-state index contributed by atoms with van der Waals surface area (Å²) < 4.78 is 18.0. The van der Waals surface area contributed by atoms with Gasteiger partial charge in [0.2, 0.25) is 0 Å². The minimum absolute atomic E-state index is 0.212. The molecule has 0 aliphatic heterocycles. The summed E-state index contributed by atoms with van der Waals surface area (Å²) in [6.07, 6.45) is 2.15. The third-order valence-corrected chi connectivity index (χ3v) is 2.49. The monoisotopic (exact) mass is 245 g/mol. The van der Waals surface area contributed by atoms with Crippen molar-refractivity contribution in [1.82, 2.24) is 4.98 Å². The van der Waals surface area contributed by atoms with Crippen LogP contribution in [0, 0.1) is 5.82 Å². The van der Waals surface area contributed by atoms with Gasteiger partial charge in [0.1, 0.15) is 5.82 Å². The number of rotatable bonds is 3. The lowest BCUT2D eigenvalue weighted by Crippen LogP contribution is -2.03. The lowest BCUT2D eigenvalue weighted by Gasteiger charge is -2.04. The summed E-state index contributed by atoms with van der Waals surface area (Å²) in [4.78, 5) is 15.5. The highest BCUT2D eigenvalue weighted by atomic mass is 19.1. The van der Waals surface area contributed by atoms with Crippen LogP contribution in [0.15, 0.2) is 42.6 Å². The summed E-state index contributed by atoms with van der Waals surface area (Å²) in [6.45, 7) is 0. The molecule has 2 aromatic rings. The number of methoxy groups -OCH3 is 1. The molecule has 0 aliphatic carbocycles. The summed E-state index contributed by atoms with van der Waals surface area (Å²) in [7, 11) is 1.27. The van der Waals surface area contributed by atoms with E-state index in [9.17, 15) is 9.18 Å². The Labute approximate surface area is 104 Å². The number of benzene rings is 1. The van der Waals surface area contributed by atoms with E-state index in [4.69, 9.17) is 0 Å². The van der Waals surface area contributed by atoms with E-state index in [-0.39, 0.29) is 5.56 Å². The molecule has 0 spiro atoms. The average Bonchev–Trinajstić information content (AvgIpc) is 2.38. The standard InChI is InChI=1S/C14H12FNO2/c1-18-14(17)11-6-10(7-12(15)9-11)8-13-4-2-3-5-16-13/h2-7,9H,8H2,1H3. The first-order chi connectivity index (χ1) is 8.69. The largest absolute Gasteiger partial charge is 0.465 e.